The second-order valence-corrected chi connectivity index (χ2v) is 3.67. The molecule has 0 spiro atoms. The van der Waals surface area contributed by atoms with Gasteiger partial charge in [-0.1, -0.05) is 41.6 Å². The standard InChI is InChI=1S/C13H9NO2/c15-10-7-4-8-11-12(10)13(14-16-11)9-5-2-1-3-6-9/h1-6,8H,7H2. The quantitative estimate of drug-likeness (QED) is 0.728. The molecule has 1 aliphatic carbocycles. The van der Waals surface area contributed by atoms with E-state index in [1.807, 2.05) is 30.3 Å². The lowest BCUT2D eigenvalue weighted by Crippen LogP contribution is -2.03. The van der Waals surface area contributed by atoms with E-state index in [0.29, 0.717) is 23.4 Å². The molecule has 0 unspecified atom stereocenters. The van der Waals surface area contributed by atoms with Gasteiger partial charge in [-0.3, -0.25) is 4.79 Å². The van der Waals surface area contributed by atoms with E-state index < -0.39 is 0 Å². The number of benzene rings is 1. The van der Waals surface area contributed by atoms with Crippen LogP contribution in [0.2, 0.25) is 0 Å². The Morgan fingerprint density at radius 3 is 2.81 bits per heavy atom. The lowest BCUT2D eigenvalue weighted by molar-refractivity contribution is 0.0994. The Hall–Kier alpha value is -2.16. The minimum Gasteiger partial charge on any atom is -0.356 e. The van der Waals surface area contributed by atoms with Crippen molar-refractivity contribution in [2.24, 2.45) is 0 Å². The van der Waals surface area contributed by atoms with Crippen LogP contribution in [0.1, 0.15) is 22.5 Å². The molecule has 0 radical (unpaired) electrons. The fourth-order valence-electron chi connectivity index (χ4n) is 1.85. The predicted octanol–water partition coefficient (Wildman–Crippen LogP) is 2.94. The van der Waals surface area contributed by atoms with Gasteiger partial charge in [0.15, 0.2) is 11.5 Å². The molecular weight excluding hydrogens is 202 g/mol. The van der Waals surface area contributed by atoms with Crippen molar-refractivity contribution in [2.45, 2.75) is 6.42 Å². The Kier molecular flexibility index (Phi) is 1.96. The van der Waals surface area contributed by atoms with Crippen LogP contribution in [0.3, 0.4) is 0 Å². The summed E-state index contributed by atoms with van der Waals surface area (Å²) >= 11 is 0. The van der Waals surface area contributed by atoms with Gasteiger partial charge in [0.1, 0.15) is 5.69 Å². The van der Waals surface area contributed by atoms with Gasteiger partial charge in [0.2, 0.25) is 0 Å². The van der Waals surface area contributed by atoms with Crippen molar-refractivity contribution in [3.63, 3.8) is 0 Å². The van der Waals surface area contributed by atoms with E-state index in [-0.39, 0.29) is 5.78 Å². The van der Waals surface area contributed by atoms with Crippen molar-refractivity contribution in [1.29, 1.82) is 0 Å². The van der Waals surface area contributed by atoms with E-state index in [4.69, 9.17) is 4.52 Å². The van der Waals surface area contributed by atoms with Crippen LogP contribution in [0.25, 0.3) is 17.3 Å². The fourth-order valence-corrected chi connectivity index (χ4v) is 1.85. The van der Waals surface area contributed by atoms with Crippen LogP contribution in [0, 0.1) is 0 Å². The zero-order valence-electron chi connectivity index (χ0n) is 8.51. The summed E-state index contributed by atoms with van der Waals surface area (Å²) in [6.07, 6.45) is 4.02. The largest absolute Gasteiger partial charge is 0.356 e. The monoisotopic (exact) mass is 211 g/mol. The van der Waals surface area contributed by atoms with E-state index >= 15 is 0 Å². The molecule has 1 aliphatic rings. The molecule has 2 aromatic rings. The number of carbonyl (C=O) groups is 1. The molecule has 3 rings (SSSR count). The van der Waals surface area contributed by atoms with E-state index in [0.717, 1.165) is 5.56 Å². The van der Waals surface area contributed by atoms with Gasteiger partial charge < -0.3 is 4.52 Å². The third-order valence-electron chi connectivity index (χ3n) is 2.62. The number of aromatic nitrogens is 1. The number of ketones is 1. The molecule has 78 valence electrons. The number of Topliss-reactive ketones (excluding diaryl/α,β-unsaturated/α-hetero) is 1. The van der Waals surface area contributed by atoms with Crippen LogP contribution < -0.4 is 0 Å². The summed E-state index contributed by atoms with van der Waals surface area (Å²) in [4.78, 5) is 11.8. The third kappa shape index (κ3) is 1.29. The number of fused-ring (bicyclic) bond motifs is 1. The van der Waals surface area contributed by atoms with Crippen molar-refractivity contribution in [3.8, 4) is 11.3 Å². The molecule has 3 nitrogen and oxygen atoms in total. The van der Waals surface area contributed by atoms with E-state index in [9.17, 15) is 4.79 Å². The van der Waals surface area contributed by atoms with Crippen molar-refractivity contribution >= 4 is 11.9 Å². The van der Waals surface area contributed by atoms with Crippen molar-refractivity contribution in [1.82, 2.24) is 5.16 Å². The number of rotatable bonds is 1. The molecule has 0 aliphatic heterocycles. The van der Waals surface area contributed by atoms with Crippen LogP contribution in [0.4, 0.5) is 0 Å². The van der Waals surface area contributed by atoms with Gasteiger partial charge in [-0.15, -0.1) is 0 Å². The second-order valence-electron chi connectivity index (χ2n) is 3.67. The Labute approximate surface area is 92.4 Å². The van der Waals surface area contributed by atoms with Gasteiger partial charge in [0.25, 0.3) is 0 Å². The Bertz CT molecular complexity index is 567. The van der Waals surface area contributed by atoms with Crippen LogP contribution >= 0.6 is 0 Å². The Balaban J connectivity index is 2.21. The molecule has 3 heteroatoms. The molecule has 1 aromatic carbocycles. The first-order valence-electron chi connectivity index (χ1n) is 5.11. The van der Waals surface area contributed by atoms with Gasteiger partial charge in [-0.25, -0.2) is 0 Å². The Morgan fingerprint density at radius 2 is 2.00 bits per heavy atom. The number of hydrogen-bond acceptors (Lipinski definition) is 3. The highest BCUT2D eigenvalue weighted by Crippen LogP contribution is 2.29. The maximum Gasteiger partial charge on any atom is 0.172 e. The zero-order valence-corrected chi connectivity index (χ0v) is 8.51. The normalized spacial score (nSPS) is 13.9. The smallest absolute Gasteiger partial charge is 0.172 e. The highest BCUT2D eigenvalue weighted by molar-refractivity contribution is 6.06. The lowest BCUT2D eigenvalue weighted by Gasteiger charge is -2.03. The first-order chi connectivity index (χ1) is 7.86. The predicted molar refractivity (Wildman–Crippen MR) is 59.9 cm³/mol. The molecule has 1 heterocycles. The molecule has 0 saturated carbocycles. The highest BCUT2D eigenvalue weighted by atomic mass is 16.5. The van der Waals surface area contributed by atoms with Crippen LogP contribution in [-0.4, -0.2) is 10.9 Å². The van der Waals surface area contributed by atoms with Crippen LogP contribution in [0.15, 0.2) is 40.9 Å². The first-order valence-corrected chi connectivity index (χ1v) is 5.11. The molecule has 0 bridgehead atoms. The highest BCUT2D eigenvalue weighted by Gasteiger charge is 2.23. The molecule has 0 amide bonds. The minimum atomic E-state index is 0.0672. The Morgan fingerprint density at radius 1 is 1.19 bits per heavy atom. The zero-order chi connectivity index (χ0) is 11.0. The molecule has 0 atom stereocenters. The maximum absolute atomic E-state index is 11.8. The van der Waals surface area contributed by atoms with Gasteiger partial charge >= 0.3 is 0 Å². The van der Waals surface area contributed by atoms with Gasteiger partial charge in [-0.2, -0.15) is 0 Å². The fraction of sp³-hybridized carbons (Fsp3) is 0.0769. The maximum atomic E-state index is 11.8. The topological polar surface area (TPSA) is 43.1 Å². The summed E-state index contributed by atoms with van der Waals surface area (Å²) in [6, 6.07) is 9.60. The minimum absolute atomic E-state index is 0.0672. The molecule has 0 N–H and O–H groups in total. The number of carbonyl (C=O) groups excluding carboxylic acids is 1. The molecule has 16 heavy (non-hydrogen) atoms. The van der Waals surface area contributed by atoms with Gasteiger partial charge in [0.05, 0.1) is 5.56 Å². The van der Waals surface area contributed by atoms with E-state index in [1.54, 1.807) is 12.2 Å². The average Bonchev–Trinajstić information content (AvgIpc) is 2.75. The average molecular weight is 211 g/mol. The van der Waals surface area contributed by atoms with Crippen molar-refractivity contribution in [2.75, 3.05) is 0 Å². The van der Waals surface area contributed by atoms with Gasteiger partial charge in [0, 0.05) is 12.0 Å². The summed E-state index contributed by atoms with van der Waals surface area (Å²) in [5.41, 5.74) is 2.16. The summed E-state index contributed by atoms with van der Waals surface area (Å²) in [6.45, 7) is 0. The van der Waals surface area contributed by atoms with Crippen LogP contribution in [0.5, 0.6) is 0 Å². The number of hydrogen-bond donors (Lipinski definition) is 0. The van der Waals surface area contributed by atoms with Crippen LogP contribution in [-0.2, 0) is 0 Å². The molecule has 1 aromatic heterocycles. The molecule has 0 fully saturated rings. The van der Waals surface area contributed by atoms with Crippen molar-refractivity contribution in [3.05, 3.63) is 47.7 Å². The number of allylic oxidation sites excluding steroid dienone is 1. The molecule has 0 saturated heterocycles. The summed E-state index contributed by atoms with van der Waals surface area (Å²) in [5.74, 6) is 0.632. The summed E-state index contributed by atoms with van der Waals surface area (Å²) < 4.78 is 5.15. The van der Waals surface area contributed by atoms with E-state index in [1.165, 1.54) is 0 Å². The second kappa shape index (κ2) is 3.45. The summed E-state index contributed by atoms with van der Waals surface area (Å²) in [7, 11) is 0. The SMILES string of the molecule is O=C1CC=Cc2onc(-c3ccccc3)c21. The third-order valence-corrected chi connectivity index (χ3v) is 2.62. The number of nitrogens with zero attached hydrogens (tertiary/aromatic N) is 1. The molecular formula is C13H9NO2. The lowest BCUT2D eigenvalue weighted by atomic mass is 9.97. The summed E-state index contributed by atoms with van der Waals surface area (Å²) in [5, 5.41) is 3.97. The first kappa shape index (κ1) is 9.09. The van der Waals surface area contributed by atoms with Gasteiger partial charge in [-0.05, 0) is 6.08 Å². The van der Waals surface area contributed by atoms with Crippen molar-refractivity contribution < 1.29 is 9.32 Å². The van der Waals surface area contributed by atoms with E-state index in [2.05, 4.69) is 5.16 Å².